The molecule has 0 bridgehead atoms. The van der Waals surface area contributed by atoms with Crippen molar-refractivity contribution in [2.75, 3.05) is 0 Å². The second kappa shape index (κ2) is 7.48. The molecule has 0 radical (unpaired) electrons. The zero-order chi connectivity index (χ0) is 15.2. The van der Waals surface area contributed by atoms with Gasteiger partial charge in [0.1, 0.15) is 5.03 Å². The second-order valence-corrected chi connectivity index (χ2v) is 6.19. The zero-order valence-corrected chi connectivity index (χ0v) is 13.5. The van der Waals surface area contributed by atoms with Gasteiger partial charge in [-0.2, -0.15) is 0 Å². The van der Waals surface area contributed by atoms with E-state index in [9.17, 15) is 4.79 Å². The molecule has 1 aromatic heterocycles. The Labute approximate surface area is 134 Å². The van der Waals surface area contributed by atoms with Crippen LogP contribution in [0.1, 0.15) is 30.6 Å². The van der Waals surface area contributed by atoms with Gasteiger partial charge in [-0.15, -0.1) is 0 Å². The molecule has 0 aliphatic rings. The molecule has 1 N–H and O–H groups in total. The quantitative estimate of drug-likeness (QED) is 0.887. The summed E-state index contributed by atoms with van der Waals surface area (Å²) in [5.74, 6) is -0.0890. The third kappa shape index (κ3) is 4.48. The van der Waals surface area contributed by atoms with E-state index in [1.165, 1.54) is 11.8 Å². The minimum Gasteiger partial charge on any atom is -0.350 e. The van der Waals surface area contributed by atoms with E-state index in [-0.39, 0.29) is 11.9 Å². The van der Waals surface area contributed by atoms with Crippen molar-refractivity contribution in [2.24, 2.45) is 0 Å². The third-order valence-electron chi connectivity index (χ3n) is 3.03. The summed E-state index contributed by atoms with van der Waals surface area (Å²) in [6, 6.07) is 11.2. The molecule has 1 unspecified atom stereocenters. The highest BCUT2D eigenvalue weighted by Gasteiger charge is 2.14. The highest BCUT2D eigenvalue weighted by Crippen LogP contribution is 2.29. The topological polar surface area (TPSA) is 42.0 Å². The molecule has 0 aliphatic carbocycles. The van der Waals surface area contributed by atoms with Crippen LogP contribution >= 0.6 is 23.4 Å². The van der Waals surface area contributed by atoms with Crippen LogP contribution < -0.4 is 5.32 Å². The number of pyridine rings is 1. The van der Waals surface area contributed by atoms with Crippen molar-refractivity contribution in [3.63, 3.8) is 0 Å². The van der Waals surface area contributed by atoms with Crippen molar-refractivity contribution in [2.45, 2.75) is 36.2 Å². The van der Waals surface area contributed by atoms with Gasteiger partial charge < -0.3 is 5.32 Å². The molecular weight excluding hydrogens is 304 g/mol. The number of hydrogen-bond donors (Lipinski definition) is 1. The van der Waals surface area contributed by atoms with Crippen LogP contribution in [0.2, 0.25) is 5.02 Å². The molecule has 2 aromatic rings. The average Bonchev–Trinajstić information content (AvgIpc) is 2.50. The lowest BCUT2D eigenvalue weighted by Gasteiger charge is -2.13. The van der Waals surface area contributed by atoms with Gasteiger partial charge in [0.2, 0.25) is 0 Å². The molecule has 0 saturated heterocycles. The average molecular weight is 321 g/mol. The lowest BCUT2D eigenvalue weighted by atomic mass is 10.2. The summed E-state index contributed by atoms with van der Waals surface area (Å²) in [6.45, 7) is 4.03. The molecule has 0 spiro atoms. The monoisotopic (exact) mass is 320 g/mol. The summed E-state index contributed by atoms with van der Waals surface area (Å²) in [6.07, 6.45) is 2.59. The van der Waals surface area contributed by atoms with Crippen LogP contribution in [-0.4, -0.2) is 16.9 Å². The first-order chi connectivity index (χ1) is 10.1. The Kier molecular flexibility index (Phi) is 5.65. The van der Waals surface area contributed by atoms with Crippen LogP contribution in [-0.2, 0) is 0 Å². The summed E-state index contributed by atoms with van der Waals surface area (Å²) in [5.41, 5.74) is 0.595. The zero-order valence-electron chi connectivity index (χ0n) is 12.0. The Hall–Kier alpha value is -1.52. The van der Waals surface area contributed by atoms with E-state index in [1.54, 1.807) is 18.3 Å². The van der Waals surface area contributed by atoms with Crippen LogP contribution in [0.25, 0.3) is 0 Å². The Balaban J connectivity index is 2.20. The summed E-state index contributed by atoms with van der Waals surface area (Å²) < 4.78 is 0. The van der Waals surface area contributed by atoms with Crippen molar-refractivity contribution in [3.8, 4) is 0 Å². The fraction of sp³-hybridized carbons (Fsp3) is 0.250. The van der Waals surface area contributed by atoms with E-state index >= 15 is 0 Å². The van der Waals surface area contributed by atoms with Gasteiger partial charge in [-0.1, -0.05) is 30.3 Å². The van der Waals surface area contributed by atoms with Crippen molar-refractivity contribution in [1.82, 2.24) is 10.3 Å². The molecule has 0 fully saturated rings. The summed E-state index contributed by atoms with van der Waals surface area (Å²) in [7, 11) is 0. The molecule has 0 aliphatic heterocycles. The van der Waals surface area contributed by atoms with Crippen LogP contribution in [0.3, 0.4) is 0 Å². The highest BCUT2D eigenvalue weighted by atomic mass is 35.5. The van der Waals surface area contributed by atoms with Crippen molar-refractivity contribution in [1.29, 1.82) is 0 Å². The van der Waals surface area contributed by atoms with E-state index in [0.717, 1.165) is 11.3 Å². The van der Waals surface area contributed by atoms with E-state index in [1.807, 2.05) is 38.1 Å². The third-order valence-corrected chi connectivity index (χ3v) is 4.31. The smallest absolute Gasteiger partial charge is 0.254 e. The largest absolute Gasteiger partial charge is 0.350 e. The normalized spacial score (nSPS) is 12.0. The van der Waals surface area contributed by atoms with Gasteiger partial charge in [0.05, 0.1) is 5.56 Å². The first kappa shape index (κ1) is 15.9. The molecule has 1 aromatic carbocycles. The van der Waals surface area contributed by atoms with Gasteiger partial charge in [0.25, 0.3) is 5.91 Å². The molecule has 2 rings (SSSR count). The van der Waals surface area contributed by atoms with Gasteiger partial charge in [0.15, 0.2) is 0 Å². The molecule has 5 heteroatoms. The molecule has 1 atom stereocenters. The number of amides is 1. The number of aromatic nitrogens is 1. The van der Waals surface area contributed by atoms with Gasteiger partial charge in [-0.3, -0.25) is 4.79 Å². The van der Waals surface area contributed by atoms with Gasteiger partial charge >= 0.3 is 0 Å². The van der Waals surface area contributed by atoms with E-state index in [2.05, 4.69) is 10.3 Å². The first-order valence-electron chi connectivity index (χ1n) is 6.79. The predicted molar refractivity (Wildman–Crippen MR) is 87.0 cm³/mol. The second-order valence-electron chi connectivity index (χ2n) is 4.69. The number of halogens is 1. The standard InChI is InChI=1S/C16H17ClN2OS/c1-3-11(2)19-15(20)14-5-4-10-18-16(14)21-13-8-6-12(17)7-9-13/h4-11H,3H2,1-2H3,(H,19,20). The Morgan fingerprint density at radius 3 is 2.71 bits per heavy atom. The van der Waals surface area contributed by atoms with E-state index < -0.39 is 0 Å². The van der Waals surface area contributed by atoms with Crippen LogP contribution in [0.15, 0.2) is 52.5 Å². The highest BCUT2D eigenvalue weighted by molar-refractivity contribution is 7.99. The molecule has 0 saturated carbocycles. The summed E-state index contributed by atoms with van der Waals surface area (Å²) in [5, 5.41) is 4.35. The van der Waals surface area contributed by atoms with Gasteiger partial charge in [-0.05, 0) is 49.7 Å². The number of carbonyl (C=O) groups is 1. The maximum absolute atomic E-state index is 12.3. The molecular formula is C16H17ClN2OS. The molecule has 3 nitrogen and oxygen atoms in total. The molecule has 21 heavy (non-hydrogen) atoms. The fourth-order valence-electron chi connectivity index (χ4n) is 1.66. The maximum atomic E-state index is 12.3. The number of carbonyl (C=O) groups excluding carboxylic acids is 1. The molecule has 110 valence electrons. The fourth-order valence-corrected chi connectivity index (χ4v) is 2.67. The minimum absolute atomic E-state index is 0.0890. The maximum Gasteiger partial charge on any atom is 0.254 e. The van der Waals surface area contributed by atoms with Crippen molar-refractivity contribution in [3.05, 3.63) is 53.2 Å². The number of benzene rings is 1. The van der Waals surface area contributed by atoms with Crippen molar-refractivity contribution >= 4 is 29.3 Å². The van der Waals surface area contributed by atoms with E-state index in [4.69, 9.17) is 11.6 Å². The van der Waals surface area contributed by atoms with Crippen molar-refractivity contribution < 1.29 is 4.79 Å². The molecule has 1 heterocycles. The summed E-state index contributed by atoms with van der Waals surface area (Å²) >= 11 is 7.34. The lowest BCUT2D eigenvalue weighted by molar-refractivity contribution is 0.0935. The first-order valence-corrected chi connectivity index (χ1v) is 7.99. The Morgan fingerprint density at radius 2 is 2.05 bits per heavy atom. The lowest BCUT2D eigenvalue weighted by Crippen LogP contribution is -2.32. The van der Waals surface area contributed by atoms with Crippen LogP contribution in [0.5, 0.6) is 0 Å². The van der Waals surface area contributed by atoms with E-state index in [0.29, 0.717) is 15.6 Å². The minimum atomic E-state index is -0.0890. The Morgan fingerprint density at radius 1 is 1.33 bits per heavy atom. The van der Waals surface area contributed by atoms with Gasteiger partial charge in [-0.25, -0.2) is 4.98 Å². The number of nitrogens with one attached hydrogen (secondary N) is 1. The number of nitrogens with zero attached hydrogens (tertiary/aromatic N) is 1. The number of rotatable bonds is 5. The Bertz CT molecular complexity index is 616. The SMILES string of the molecule is CCC(C)NC(=O)c1cccnc1Sc1ccc(Cl)cc1. The molecule has 1 amide bonds. The summed E-state index contributed by atoms with van der Waals surface area (Å²) in [4.78, 5) is 17.6. The number of hydrogen-bond acceptors (Lipinski definition) is 3. The predicted octanol–water partition coefficient (Wildman–Crippen LogP) is 4.41. The van der Waals surface area contributed by atoms with Crippen LogP contribution in [0, 0.1) is 0 Å². The van der Waals surface area contributed by atoms with Crippen LogP contribution in [0.4, 0.5) is 0 Å². The van der Waals surface area contributed by atoms with Gasteiger partial charge in [0, 0.05) is 22.2 Å².